The number of carbonyl (C=O) groups is 1. The molecule has 2 aromatic heterocycles. The topological polar surface area (TPSA) is 50.5 Å². The number of fused-ring (bicyclic) bond motifs is 1. The van der Waals surface area contributed by atoms with Gasteiger partial charge in [0.15, 0.2) is 11.3 Å². The molecule has 1 aliphatic heterocycles. The SMILES string of the molecule is Cc1ccc([C@H]2CSCCN2C(=O)c2nccn3ccnc23)cc1. The van der Waals surface area contributed by atoms with Gasteiger partial charge in [0, 0.05) is 42.8 Å². The number of carbonyl (C=O) groups excluding carboxylic acids is 1. The Morgan fingerprint density at radius 1 is 1.17 bits per heavy atom. The van der Waals surface area contributed by atoms with Gasteiger partial charge in [-0.05, 0) is 12.5 Å². The van der Waals surface area contributed by atoms with Gasteiger partial charge in [-0.1, -0.05) is 29.8 Å². The minimum Gasteiger partial charge on any atom is -0.328 e. The minimum atomic E-state index is -0.0438. The van der Waals surface area contributed by atoms with Gasteiger partial charge in [0.05, 0.1) is 6.04 Å². The fraction of sp³-hybridized carbons (Fsp3) is 0.278. The molecule has 1 fully saturated rings. The van der Waals surface area contributed by atoms with Gasteiger partial charge in [-0.15, -0.1) is 0 Å². The van der Waals surface area contributed by atoms with Gasteiger partial charge in [0.25, 0.3) is 5.91 Å². The molecule has 122 valence electrons. The van der Waals surface area contributed by atoms with Crippen LogP contribution in [0.3, 0.4) is 0 Å². The van der Waals surface area contributed by atoms with E-state index in [4.69, 9.17) is 0 Å². The van der Waals surface area contributed by atoms with E-state index in [1.165, 1.54) is 11.1 Å². The Bertz CT molecular complexity index is 874. The van der Waals surface area contributed by atoms with Crippen LogP contribution in [0.1, 0.15) is 27.7 Å². The lowest BCUT2D eigenvalue weighted by molar-refractivity contribution is 0.0697. The standard InChI is InChI=1S/C18H18N4OS/c1-13-2-4-14(5-3-13)15-12-24-11-10-22(15)18(23)16-17-20-7-9-21(17)8-6-19-16/h2-9,15H,10-12H2,1H3/t15-/m1/s1. The summed E-state index contributed by atoms with van der Waals surface area (Å²) in [4.78, 5) is 23.7. The van der Waals surface area contributed by atoms with E-state index in [0.717, 1.165) is 18.1 Å². The lowest BCUT2D eigenvalue weighted by atomic mass is 10.0. The summed E-state index contributed by atoms with van der Waals surface area (Å²) >= 11 is 1.89. The average Bonchev–Trinajstić information content (AvgIpc) is 3.10. The molecular formula is C18H18N4OS. The van der Waals surface area contributed by atoms with Crippen LogP contribution in [0.2, 0.25) is 0 Å². The maximum Gasteiger partial charge on any atom is 0.276 e. The van der Waals surface area contributed by atoms with E-state index in [9.17, 15) is 4.79 Å². The first-order valence-electron chi connectivity index (χ1n) is 7.97. The molecule has 0 saturated carbocycles. The van der Waals surface area contributed by atoms with Crippen LogP contribution in [0.25, 0.3) is 5.65 Å². The summed E-state index contributed by atoms with van der Waals surface area (Å²) in [5.74, 6) is 1.82. The van der Waals surface area contributed by atoms with Crippen LogP contribution in [0.15, 0.2) is 49.1 Å². The van der Waals surface area contributed by atoms with E-state index in [-0.39, 0.29) is 11.9 Å². The summed E-state index contributed by atoms with van der Waals surface area (Å²) in [6.07, 6.45) is 6.98. The van der Waals surface area contributed by atoms with Crippen LogP contribution < -0.4 is 0 Å². The first kappa shape index (κ1) is 15.2. The first-order chi connectivity index (χ1) is 11.7. The highest BCUT2D eigenvalue weighted by molar-refractivity contribution is 7.99. The molecule has 4 rings (SSSR count). The number of amides is 1. The zero-order chi connectivity index (χ0) is 16.5. The summed E-state index contributed by atoms with van der Waals surface area (Å²) in [6, 6.07) is 8.52. The van der Waals surface area contributed by atoms with Crippen molar-refractivity contribution in [1.29, 1.82) is 0 Å². The van der Waals surface area contributed by atoms with Gasteiger partial charge in [-0.25, -0.2) is 9.97 Å². The molecule has 1 aromatic carbocycles. The van der Waals surface area contributed by atoms with Crippen molar-refractivity contribution >= 4 is 23.3 Å². The quantitative estimate of drug-likeness (QED) is 0.721. The number of imidazole rings is 1. The van der Waals surface area contributed by atoms with Crippen LogP contribution in [0.5, 0.6) is 0 Å². The molecule has 0 bridgehead atoms. The van der Waals surface area contributed by atoms with Gasteiger partial charge in [0.2, 0.25) is 0 Å². The average molecular weight is 338 g/mol. The molecular weight excluding hydrogens is 320 g/mol. The van der Waals surface area contributed by atoms with E-state index >= 15 is 0 Å². The number of rotatable bonds is 2. The van der Waals surface area contributed by atoms with E-state index in [1.54, 1.807) is 12.4 Å². The highest BCUT2D eigenvalue weighted by Crippen LogP contribution is 2.31. The fourth-order valence-electron chi connectivity index (χ4n) is 3.05. The van der Waals surface area contributed by atoms with E-state index < -0.39 is 0 Å². The lowest BCUT2D eigenvalue weighted by Crippen LogP contribution is -2.41. The summed E-state index contributed by atoms with van der Waals surface area (Å²) in [5, 5.41) is 0. The number of aromatic nitrogens is 3. The predicted molar refractivity (Wildman–Crippen MR) is 95.3 cm³/mol. The normalized spacial score (nSPS) is 18.0. The molecule has 24 heavy (non-hydrogen) atoms. The van der Waals surface area contributed by atoms with E-state index in [0.29, 0.717) is 11.3 Å². The number of hydrogen-bond donors (Lipinski definition) is 0. The molecule has 1 atom stereocenters. The Morgan fingerprint density at radius 3 is 2.71 bits per heavy atom. The monoisotopic (exact) mass is 338 g/mol. The molecule has 0 radical (unpaired) electrons. The molecule has 1 saturated heterocycles. The lowest BCUT2D eigenvalue weighted by Gasteiger charge is -2.35. The van der Waals surface area contributed by atoms with Crippen LogP contribution in [0, 0.1) is 6.92 Å². The van der Waals surface area contributed by atoms with Crippen molar-refractivity contribution in [2.45, 2.75) is 13.0 Å². The third-order valence-corrected chi connectivity index (χ3v) is 5.39. The minimum absolute atomic E-state index is 0.0438. The largest absolute Gasteiger partial charge is 0.328 e. The van der Waals surface area contributed by atoms with Crippen LogP contribution in [-0.2, 0) is 0 Å². The molecule has 3 aromatic rings. The molecule has 5 nitrogen and oxygen atoms in total. The number of aryl methyl sites for hydroxylation is 1. The Hall–Kier alpha value is -2.34. The second kappa shape index (κ2) is 6.28. The molecule has 1 amide bonds. The fourth-order valence-corrected chi connectivity index (χ4v) is 4.14. The summed E-state index contributed by atoms with van der Waals surface area (Å²) in [6.45, 7) is 2.80. The summed E-state index contributed by atoms with van der Waals surface area (Å²) in [7, 11) is 0. The van der Waals surface area contributed by atoms with E-state index in [2.05, 4.69) is 41.2 Å². The van der Waals surface area contributed by atoms with Crippen molar-refractivity contribution in [3.8, 4) is 0 Å². The van der Waals surface area contributed by atoms with Crippen molar-refractivity contribution in [3.05, 3.63) is 65.9 Å². The zero-order valence-corrected chi connectivity index (χ0v) is 14.2. The van der Waals surface area contributed by atoms with Gasteiger partial charge >= 0.3 is 0 Å². The van der Waals surface area contributed by atoms with E-state index in [1.807, 2.05) is 33.5 Å². The molecule has 0 spiro atoms. The summed E-state index contributed by atoms with van der Waals surface area (Å²) < 4.78 is 1.83. The molecule has 0 N–H and O–H groups in total. The highest BCUT2D eigenvalue weighted by atomic mass is 32.2. The van der Waals surface area contributed by atoms with Gasteiger partial charge in [-0.3, -0.25) is 4.79 Å². The Balaban J connectivity index is 1.71. The van der Waals surface area contributed by atoms with Crippen molar-refractivity contribution in [2.75, 3.05) is 18.1 Å². The Labute approximate surface area is 144 Å². The number of benzene rings is 1. The maximum absolute atomic E-state index is 13.2. The molecule has 6 heteroatoms. The number of hydrogen-bond acceptors (Lipinski definition) is 4. The van der Waals surface area contributed by atoms with Crippen molar-refractivity contribution in [2.24, 2.45) is 0 Å². The van der Waals surface area contributed by atoms with Gasteiger partial charge in [0.1, 0.15) is 0 Å². The second-order valence-corrected chi connectivity index (χ2v) is 7.08. The Kier molecular flexibility index (Phi) is 3.98. The van der Waals surface area contributed by atoms with Crippen molar-refractivity contribution in [3.63, 3.8) is 0 Å². The van der Waals surface area contributed by atoms with Crippen LogP contribution in [0.4, 0.5) is 0 Å². The zero-order valence-electron chi connectivity index (χ0n) is 13.4. The molecule has 0 aliphatic carbocycles. The molecule has 3 heterocycles. The second-order valence-electron chi connectivity index (χ2n) is 5.93. The van der Waals surface area contributed by atoms with Crippen LogP contribution in [-0.4, -0.2) is 43.2 Å². The van der Waals surface area contributed by atoms with Gasteiger partial charge in [-0.2, -0.15) is 11.8 Å². The number of thioether (sulfide) groups is 1. The van der Waals surface area contributed by atoms with Crippen LogP contribution >= 0.6 is 11.8 Å². The highest BCUT2D eigenvalue weighted by Gasteiger charge is 2.31. The predicted octanol–water partition coefficient (Wildman–Crippen LogP) is 2.97. The maximum atomic E-state index is 13.2. The molecule has 1 aliphatic rings. The van der Waals surface area contributed by atoms with Crippen molar-refractivity contribution < 1.29 is 4.79 Å². The molecule has 0 unspecified atom stereocenters. The summed E-state index contributed by atoms with van der Waals surface area (Å²) in [5.41, 5.74) is 3.44. The van der Waals surface area contributed by atoms with Crippen molar-refractivity contribution in [1.82, 2.24) is 19.3 Å². The first-order valence-corrected chi connectivity index (χ1v) is 9.12. The smallest absolute Gasteiger partial charge is 0.276 e. The Morgan fingerprint density at radius 2 is 1.92 bits per heavy atom. The van der Waals surface area contributed by atoms with Gasteiger partial charge < -0.3 is 9.30 Å². The third kappa shape index (κ3) is 2.67. The number of nitrogens with zero attached hydrogens (tertiary/aromatic N) is 4. The third-order valence-electron chi connectivity index (χ3n) is 4.37.